The molecule has 1 amide bonds. The lowest BCUT2D eigenvalue weighted by atomic mass is 9.96. The van der Waals surface area contributed by atoms with Crippen molar-refractivity contribution in [3.05, 3.63) is 65.8 Å². The monoisotopic (exact) mass is 397 g/mol. The van der Waals surface area contributed by atoms with Gasteiger partial charge in [-0.05, 0) is 42.7 Å². The number of para-hydroxylation sites is 1. The van der Waals surface area contributed by atoms with Crippen LogP contribution in [0.5, 0.6) is 0 Å². The largest absolute Gasteiger partial charge is 0.478 e. The van der Waals surface area contributed by atoms with Gasteiger partial charge in [-0.25, -0.2) is 4.79 Å². The third kappa shape index (κ3) is 5.89. The molecule has 6 nitrogen and oxygen atoms in total. The Balaban J connectivity index is 1.59. The van der Waals surface area contributed by atoms with Crippen molar-refractivity contribution in [1.82, 2.24) is 0 Å². The molecule has 1 aromatic rings. The highest BCUT2D eigenvalue weighted by atomic mass is 16.5. The Morgan fingerprint density at radius 1 is 1.14 bits per heavy atom. The molecule has 0 aromatic heterocycles. The Morgan fingerprint density at radius 2 is 1.90 bits per heavy atom. The Hall–Kier alpha value is -2.70. The minimum absolute atomic E-state index is 0.0492. The fourth-order valence-electron chi connectivity index (χ4n) is 3.64. The fourth-order valence-corrected chi connectivity index (χ4v) is 3.64. The second-order valence-corrected chi connectivity index (χ2v) is 7.26. The number of allylic oxidation sites excluding steroid dienone is 3. The van der Waals surface area contributed by atoms with Gasteiger partial charge in [0.05, 0.1) is 17.4 Å². The van der Waals surface area contributed by atoms with Crippen LogP contribution in [0.1, 0.15) is 42.5 Å². The summed E-state index contributed by atoms with van der Waals surface area (Å²) < 4.78 is 11.8. The molecule has 2 unspecified atom stereocenters. The first-order valence-electron chi connectivity index (χ1n) is 9.96. The summed E-state index contributed by atoms with van der Waals surface area (Å²) in [6, 6.07) is 6.30. The van der Waals surface area contributed by atoms with Crippen molar-refractivity contribution in [3.8, 4) is 0 Å². The molecule has 2 aliphatic carbocycles. The molecule has 154 valence electrons. The Bertz CT molecular complexity index is 820. The number of aromatic carboxylic acids is 1. The van der Waals surface area contributed by atoms with Gasteiger partial charge in [0.15, 0.2) is 0 Å². The van der Waals surface area contributed by atoms with Crippen LogP contribution < -0.4 is 5.32 Å². The van der Waals surface area contributed by atoms with Crippen molar-refractivity contribution in [2.75, 3.05) is 12.4 Å². The van der Waals surface area contributed by atoms with E-state index in [2.05, 4.69) is 5.32 Å². The molecule has 1 saturated carbocycles. The van der Waals surface area contributed by atoms with Crippen molar-refractivity contribution in [3.63, 3.8) is 0 Å². The second kappa shape index (κ2) is 10.2. The van der Waals surface area contributed by atoms with Crippen molar-refractivity contribution in [2.45, 2.75) is 50.4 Å². The summed E-state index contributed by atoms with van der Waals surface area (Å²) in [6.45, 7) is 0. The molecule has 0 aliphatic heterocycles. The number of carbonyl (C=O) groups excluding carboxylic acids is 1. The van der Waals surface area contributed by atoms with E-state index in [1.165, 1.54) is 31.4 Å². The highest BCUT2D eigenvalue weighted by molar-refractivity contribution is 6.04. The number of nitrogens with one attached hydrogen (secondary N) is 1. The van der Waals surface area contributed by atoms with Crippen molar-refractivity contribution in [1.29, 1.82) is 0 Å². The number of anilines is 1. The molecule has 2 N–H and O–H groups in total. The molecule has 1 aromatic carbocycles. The van der Waals surface area contributed by atoms with Gasteiger partial charge in [0, 0.05) is 13.2 Å². The van der Waals surface area contributed by atoms with Crippen LogP contribution in [0.25, 0.3) is 0 Å². The number of carbonyl (C=O) groups is 2. The Kier molecular flexibility index (Phi) is 7.38. The predicted octanol–water partition coefficient (Wildman–Crippen LogP) is 4.11. The molecule has 0 heterocycles. The molecule has 29 heavy (non-hydrogen) atoms. The van der Waals surface area contributed by atoms with E-state index < -0.39 is 11.9 Å². The van der Waals surface area contributed by atoms with Crippen LogP contribution in [0.15, 0.2) is 60.2 Å². The summed E-state index contributed by atoms with van der Waals surface area (Å²) in [5, 5.41) is 11.8. The van der Waals surface area contributed by atoms with Crippen LogP contribution in [0.3, 0.4) is 0 Å². The molecule has 0 spiro atoms. The number of ether oxygens (including phenoxy) is 2. The van der Waals surface area contributed by atoms with Crippen LogP contribution in [0.2, 0.25) is 0 Å². The van der Waals surface area contributed by atoms with Gasteiger partial charge in [0.25, 0.3) is 0 Å². The molecule has 6 heteroatoms. The van der Waals surface area contributed by atoms with Crippen LogP contribution in [0.4, 0.5) is 5.69 Å². The maximum Gasteiger partial charge on any atom is 0.337 e. The smallest absolute Gasteiger partial charge is 0.337 e. The third-order valence-corrected chi connectivity index (χ3v) is 5.18. The highest BCUT2D eigenvalue weighted by Crippen LogP contribution is 2.25. The van der Waals surface area contributed by atoms with E-state index in [-0.39, 0.29) is 29.6 Å². The molecule has 3 rings (SSSR count). The minimum Gasteiger partial charge on any atom is -0.478 e. The highest BCUT2D eigenvalue weighted by Gasteiger charge is 2.25. The van der Waals surface area contributed by atoms with Crippen LogP contribution in [0, 0.1) is 0 Å². The van der Waals surface area contributed by atoms with E-state index in [0.717, 1.165) is 18.4 Å². The molecule has 0 saturated heterocycles. The zero-order valence-corrected chi connectivity index (χ0v) is 16.5. The van der Waals surface area contributed by atoms with Crippen LogP contribution in [-0.2, 0) is 14.3 Å². The summed E-state index contributed by atoms with van der Waals surface area (Å²) in [5.74, 6) is -1.49. The number of benzene rings is 1. The van der Waals surface area contributed by atoms with Gasteiger partial charge in [0.1, 0.15) is 12.2 Å². The van der Waals surface area contributed by atoms with Gasteiger partial charge in [-0.2, -0.15) is 0 Å². The summed E-state index contributed by atoms with van der Waals surface area (Å²) in [5.41, 5.74) is 1.15. The molecule has 0 radical (unpaired) electrons. The fraction of sp³-hybridized carbons (Fsp3) is 0.391. The second-order valence-electron chi connectivity index (χ2n) is 7.26. The van der Waals surface area contributed by atoms with Gasteiger partial charge in [0.2, 0.25) is 5.91 Å². The zero-order chi connectivity index (χ0) is 20.6. The van der Waals surface area contributed by atoms with E-state index >= 15 is 0 Å². The van der Waals surface area contributed by atoms with Gasteiger partial charge in [-0.15, -0.1) is 0 Å². The number of rotatable bonds is 7. The first-order chi connectivity index (χ1) is 14.1. The topological polar surface area (TPSA) is 84.9 Å². The molecule has 2 atom stereocenters. The standard InChI is InChI=1S/C23H27NO5/c1-28-21-15-16(11-13-20(21)29-17-7-3-2-4-8-17)12-14-22(25)24-19-10-6-5-9-18(19)23(26)27/h5-6,9-15,17,20-21H,2-4,7-8H2,1H3,(H,24,25)(H,26,27)/b14-12+. The number of hydrogen-bond acceptors (Lipinski definition) is 4. The first-order valence-corrected chi connectivity index (χ1v) is 9.96. The maximum absolute atomic E-state index is 12.2. The van der Waals surface area contributed by atoms with E-state index in [1.54, 1.807) is 31.4 Å². The van der Waals surface area contributed by atoms with Gasteiger partial charge < -0.3 is 19.9 Å². The van der Waals surface area contributed by atoms with Crippen LogP contribution in [-0.4, -0.2) is 42.4 Å². The summed E-state index contributed by atoms with van der Waals surface area (Å²) in [4.78, 5) is 23.4. The van der Waals surface area contributed by atoms with E-state index in [1.807, 2.05) is 18.2 Å². The van der Waals surface area contributed by atoms with Crippen LogP contribution >= 0.6 is 0 Å². The quantitative estimate of drug-likeness (QED) is 0.677. The van der Waals surface area contributed by atoms with Crippen molar-refractivity contribution in [2.24, 2.45) is 0 Å². The summed E-state index contributed by atoms with van der Waals surface area (Å²) >= 11 is 0. The van der Waals surface area contributed by atoms with E-state index in [0.29, 0.717) is 0 Å². The average Bonchev–Trinajstić information content (AvgIpc) is 2.74. The Labute approximate surface area is 170 Å². The number of hydrogen-bond donors (Lipinski definition) is 2. The molecular weight excluding hydrogens is 370 g/mol. The zero-order valence-electron chi connectivity index (χ0n) is 16.5. The van der Waals surface area contributed by atoms with Gasteiger partial charge in [-0.3, -0.25) is 4.79 Å². The molecule has 1 fully saturated rings. The normalized spacial score (nSPS) is 22.4. The SMILES string of the molecule is COC1C=C(/C=C/C(=O)Nc2ccccc2C(=O)O)C=CC1OC1CCCCC1. The molecule has 2 aliphatic rings. The average molecular weight is 397 g/mol. The number of carboxylic acids is 1. The minimum atomic E-state index is -1.09. The number of amides is 1. The van der Waals surface area contributed by atoms with Gasteiger partial charge in [-0.1, -0.05) is 43.5 Å². The summed E-state index contributed by atoms with van der Waals surface area (Å²) in [7, 11) is 1.65. The number of carboxylic acid groups (broad SMARTS) is 1. The van der Waals surface area contributed by atoms with E-state index in [9.17, 15) is 14.7 Å². The van der Waals surface area contributed by atoms with Crippen molar-refractivity contribution >= 4 is 17.6 Å². The van der Waals surface area contributed by atoms with Gasteiger partial charge >= 0.3 is 5.97 Å². The molecular formula is C23H27NO5. The lowest BCUT2D eigenvalue weighted by molar-refractivity contribution is -0.111. The van der Waals surface area contributed by atoms with Crippen molar-refractivity contribution < 1.29 is 24.2 Å². The summed E-state index contributed by atoms with van der Waals surface area (Å²) in [6.07, 6.45) is 14.7. The third-order valence-electron chi connectivity index (χ3n) is 5.18. The van der Waals surface area contributed by atoms with E-state index in [4.69, 9.17) is 9.47 Å². The lowest BCUT2D eigenvalue weighted by Gasteiger charge is -2.30. The lowest BCUT2D eigenvalue weighted by Crippen LogP contribution is -2.34. The Morgan fingerprint density at radius 3 is 2.62 bits per heavy atom. The predicted molar refractivity (Wildman–Crippen MR) is 111 cm³/mol. The first kappa shape index (κ1) is 21.0. The number of methoxy groups -OCH3 is 1. The molecule has 0 bridgehead atoms. The maximum atomic E-state index is 12.2.